The lowest BCUT2D eigenvalue weighted by molar-refractivity contribution is 0.439. The third-order valence-corrected chi connectivity index (χ3v) is 2.36. The first-order valence-electron chi connectivity index (χ1n) is 5.03. The van der Waals surface area contributed by atoms with Gasteiger partial charge in [0.1, 0.15) is 12.3 Å². The molecule has 5 nitrogen and oxygen atoms in total. The average molecular weight is 219 g/mol. The third-order valence-electron chi connectivity index (χ3n) is 2.36. The molecule has 0 amide bonds. The summed E-state index contributed by atoms with van der Waals surface area (Å²) in [5, 5.41) is 4.02. The van der Waals surface area contributed by atoms with Crippen LogP contribution in [-0.4, -0.2) is 14.8 Å². The van der Waals surface area contributed by atoms with Crippen LogP contribution in [0.2, 0.25) is 0 Å². The van der Waals surface area contributed by atoms with Crippen molar-refractivity contribution in [2.75, 3.05) is 0 Å². The van der Waals surface area contributed by atoms with Crippen molar-refractivity contribution in [2.24, 2.45) is 0 Å². The molecule has 0 saturated heterocycles. The van der Waals surface area contributed by atoms with Crippen LogP contribution >= 0.6 is 0 Å². The summed E-state index contributed by atoms with van der Waals surface area (Å²) < 4.78 is 6.72. The van der Waals surface area contributed by atoms with Crippen LogP contribution in [0, 0.1) is 20.8 Å². The van der Waals surface area contributed by atoms with E-state index in [1.807, 2.05) is 20.8 Å². The largest absolute Gasteiger partial charge is 0.444 e. The van der Waals surface area contributed by atoms with Gasteiger partial charge in [-0.1, -0.05) is 0 Å². The molecule has 0 saturated carbocycles. The summed E-state index contributed by atoms with van der Waals surface area (Å²) in [6.45, 7) is 5.82. The summed E-state index contributed by atoms with van der Waals surface area (Å²) in [5.74, 6) is 1.28. The van der Waals surface area contributed by atoms with Gasteiger partial charge in [-0.05, 0) is 26.3 Å². The maximum absolute atomic E-state index is 11.6. The normalized spacial score (nSPS) is 10.7. The summed E-state index contributed by atoms with van der Waals surface area (Å²) in [5.41, 5.74) is 1.55. The molecule has 0 aromatic carbocycles. The molecule has 0 radical (unpaired) electrons. The molecule has 0 N–H and O–H groups in total. The minimum absolute atomic E-state index is 0.145. The van der Waals surface area contributed by atoms with Crippen molar-refractivity contribution >= 4 is 0 Å². The Morgan fingerprint density at radius 1 is 1.38 bits per heavy atom. The highest BCUT2D eigenvalue weighted by atomic mass is 16.4. The van der Waals surface area contributed by atoms with Gasteiger partial charge >= 0.3 is 0 Å². The minimum atomic E-state index is -0.145. The molecule has 0 unspecified atom stereocenters. The Morgan fingerprint density at radius 2 is 2.12 bits per heavy atom. The van der Waals surface area contributed by atoms with Gasteiger partial charge in [0.15, 0.2) is 0 Å². The topological polar surface area (TPSA) is 60.9 Å². The highest BCUT2D eigenvalue weighted by Crippen LogP contribution is 2.08. The molecule has 84 valence electrons. The fourth-order valence-corrected chi connectivity index (χ4v) is 1.38. The van der Waals surface area contributed by atoms with Crippen LogP contribution in [0.25, 0.3) is 0 Å². The maximum atomic E-state index is 11.6. The predicted octanol–water partition coefficient (Wildman–Crippen LogP) is 1.20. The van der Waals surface area contributed by atoms with E-state index < -0.39 is 0 Å². The van der Waals surface area contributed by atoms with Crippen molar-refractivity contribution in [3.05, 3.63) is 45.5 Å². The van der Waals surface area contributed by atoms with E-state index in [1.54, 1.807) is 6.20 Å². The van der Waals surface area contributed by atoms with Crippen molar-refractivity contribution in [1.82, 2.24) is 14.8 Å². The van der Waals surface area contributed by atoms with E-state index in [9.17, 15) is 4.79 Å². The molecule has 0 aliphatic rings. The summed E-state index contributed by atoms with van der Waals surface area (Å²) in [4.78, 5) is 15.8. The average Bonchev–Trinajstić information content (AvgIpc) is 2.51. The molecule has 2 rings (SSSR count). The van der Waals surface area contributed by atoms with Gasteiger partial charge in [0.05, 0.1) is 11.9 Å². The second kappa shape index (κ2) is 3.92. The summed E-state index contributed by atoms with van der Waals surface area (Å²) >= 11 is 0. The molecule has 0 atom stereocenters. The van der Waals surface area contributed by atoms with Crippen molar-refractivity contribution < 1.29 is 4.42 Å². The van der Waals surface area contributed by atoms with Gasteiger partial charge in [0, 0.05) is 6.07 Å². The molecular formula is C11H13N3O2. The van der Waals surface area contributed by atoms with E-state index in [1.165, 1.54) is 10.7 Å². The summed E-state index contributed by atoms with van der Waals surface area (Å²) in [6.07, 6.45) is 1.64. The Bertz CT molecular complexity index is 549. The number of hydrogen-bond donors (Lipinski definition) is 0. The quantitative estimate of drug-likeness (QED) is 0.761. The van der Waals surface area contributed by atoms with E-state index in [0.717, 1.165) is 17.0 Å². The van der Waals surface area contributed by atoms with E-state index in [0.29, 0.717) is 5.89 Å². The fourth-order valence-electron chi connectivity index (χ4n) is 1.38. The van der Waals surface area contributed by atoms with E-state index >= 15 is 0 Å². The fraction of sp³-hybridized carbons (Fsp3) is 0.364. The zero-order chi connectivity index (χ0) is 11.7. The highest BCUT2D eigenvalue weighted by Gasteiger charge is 2.07. The van der Waals surface area contributed by atoms with E-state index in [-0.39, 0.29) is 12.1 Å². The Morgan fingerprint density at radius 3 is 2.69 bits per heavy atom. The molecule has 2 aromatic heterocycles. The Labute approximate surface area is 92.7 Å². The van der Waals surface area contributed by atoms with E-state index in [4.69, 9.17) is 4.42 Å². The Kier molecular flexibility index (Phi) is 2.60. The number of hydrogen-bond acceptors (Lipinski definition) is 4. The standard InChI is InChI=1S/C11H13N3O2/c1-7-4-11(15)14(12-5-7)6-10-13-8(2)9(3)16-10/h4-5H,6H2,1-3H3. The molecule has 0 aliphatic carbocycles. The zero-order valence-corrected chi connectivity index (χ0v) is 9.52. The molecule has 0 aliphatic heterocycles. The summed E-state index contributed by atoms with van der Waals surface area (Å²) in [6, 6.07) is 1.54. The molecule has 5 heteroatoms. The van der Waals surface area contributed by atoms with Crippen molar-refractivity contribution in [1.29, 1.82) is 0 Å². The van der Waals surface area contributed by atoms with Crippen LogP contribution in [0.5, 0.6) is 0 Å². The van der Waals surface area contributed by atoms with Crippen LogP contribution in [0.3, 0.4) is 0 Å². The number of oxazole rings is 1. The second-order valence-electron chi connectivity index (χ2n) is 3.78. The molecule has 0 spiro atoms. The minimum Gasteiger partial charge on any atom is -0.444 e. The number of aryl methyl sites for hydroxylation is 3. The molecule has 2 heterocycles. The molecule has 16 heavy (non-hydrogen) atoms. The van der Waals surface area contributed by atoms with Gasteiger partial charge in [0.2, 0.25) is 5.89 Å². The van der Waals surface area contributed by atoms with Crippen molar-refractivity contribution in [3.63, 3.8) is 0 Å². The lowest BCUT2D eigenvalue weighted by Gasteiger charge is -2.00. The monoisotopic (exact) mass is 219 g/mol. The number of rotatable bonds is 2. The van der Waals surface area contributed by atoms with Crippen LogP contribution in [-0.2, 0) is 6.54 Å². The van der Waals surface area contributed by atoms with E-state index in [2.05, 4.69) is 10.1 Å². The first kappa shape index (κ1) is 10.6. The maximum Gasteiger partial charge on any atom is 0.267 e. The van der Waals surface area contributed by atoms with Crippen LogP contribution in [0.15, 0.2) is 21.5 Å². The molecule has 0 fully saturated rings. The zero-order valence-electron chi connectivity index (χ0n) is 9.52. The van der Waals surface area contributed by atoms with Crippen LogP contribution in [0.4, 0.5) is 0 Å². The van der Waals surface area contributed by atoms with Gasteiger partial charge in [0.25, 0.3) is 5.56 Å². The summed E-state index contributed by atoms with van der Waals surface area (Å²) in [7, 11) is 0. The molecule has 0 bridgehead atoms. The first-order valence-corrected chi connectivity index (χ1v) is 5.03. The van der Waals surface area contributed by atoms with Gasteiger partial charge in [-0.2, -0.15) is 5.10 Å². The first-order chi connectivity index (χ1) is 7.56. The lowest BCUT2D eigenvalue weighted by Crippen LogP contribution is -2.22. The smallest absolute Gasteiger partial charge is 0.267 e. The molecular weight excluding hydrogens is 206 g/mol. The van der Waals surface area contributed by atoms with Gasteiger partial charge in [-0.25, -0.2) is 9.67 Å². The van der Waals surface area contributed by atoms with Crippen LogP contribution in [0.1, 0.15) is 22.9 Å². The molecule has 2 aromatic rings. The van der Waals surface area contributed by atoms with Gasteiger partial charge in [-0.3, -0.25) is 4.79 Å². The van der Waals surface area contributed by atoms with Crippen molar-refractivity contribution in [3.8, 4) is 0 Å². The van der Waals surface area contributed by atoms with Crippen LogP contribution < -0.4 is 5.56 Å². The van der Waals surface area contributed by atoms with Gasteiger partial charge < -0.3 is 4.42 Å². The second-order valence-corrected chi connectivity index (χ2v) is 3.78. The Balaban J connectivity index is 2.30. The highest BCUT2D eigenvalue weighted by molar-refractivity contribution is 5.06. The van der Waals surface area contributed by atoms with Crippen molar-refractivity contribution in [2.45, 2.75) is 27.3 Å². The Hall–Kier alpha value is -1.91. The van der Waals surface area contributed by atoms with Gasteiger partial charge in [-0.15, -0.1) is 0 Å². The third kappa shape index (κ3) is 2.03. The lowest BCUT2D eigenvalue weighted by atomic mass is 10.3. The SMILES string of the molecule is Cc1cnn(Cc2nc(C)c(C)o2)c(=O)c1. The number of nitrogens with zero attached hydrogens (tertiary/aromatic N) is 3. The number of aromatic nitrogens is 3. The predicted molar refractivity (Wildman–Crippen MR) is 58.3 cm³/mol.